The molecule has 1 amide bonds. The van der Waals surface area contributed by atoms with Gasteiger partial charge in [-0.3, -0.25) is 4.79 Å². The molecule has 1 aromatic carbocycles. The number of hydrogen-bond donors (Lipinski definition) is 2. The molecule has 0 fully saturated rings. The predicted octanol–water partition coefficient (Wildman–Crippen LogP) is 2.33. The van der Waals surface area contributed by atoms with Crippen LogP contribution in [0.15, 0.2) is 30.3 Å². The van der Waals surface area contributed by atoms with Crippen molar-refractivity contribution in [1.29, 1.82) is 0 Å². The minimum Gasteiger partial charge on any atom is -0.480 e. The van der Waals surface area contributed by atoms with E-state index in [1.807, 2.05) is 38.1 Å². The molecule has 0 bridgehead atoms. The van der Waals surface area contributed by atoms with Gasteiger partial charge in [0.25, 0.3) is 5.91 Å². The normalized spacial score (nSPS) is 12.2. The predicted molar refractivity (Wildman–Crippen MR) is 86.8 cm³/mol. The van der Waals surface area contributed by atoms with Crippen molar-refractivity contribution in [1.82, 2.24) is 15.1 Å². The van der Waals surface area contributed by atoms with Gasteiger partial charge in [-0.05, 0) is 38.0 Å². The number of aliphatic carboxylic acids is 1. The Kier molecular flexibility index (Phi) is 4.83. The first-order valence-electron chi connectivity index (χ1n) is 7.47. The van der Waals surface area contributed by atoms with Crippen LogP contribution in [0.1, 0.15) is 35.6 Å². The second-order valence-electron chi connectivity index (χ2n) is 5.95. The van der Waals surface area contributed by atoms with Crippen LogP contribution < -0.4 is 5.32 Å². The van der Waals surface area contributed by atoms with Crippen molar-refractivity contribution < 1.29 is 14.7 Å². The first-order chi connectivity index (χ1) is 10.8. The molecule has 0 radical (unpaired) electrons. The van der Waals surface area contributed by atoms with Crippen LogP contribution in [0.3, 0.4) is 0 Å². The summed E-state index contributed by atoms with van der Waals surface area (Å²) >= 11 is 0. The molecule has 0 saturated heterocycles. The maximum absolute atomic E-state index is 12.3. The van der Waals surface area contributed by atoms with Crippen molar-refractivity contribution in [3.05, 3.63) is 47.3 Å². The molecule has 2 N–H and O–H groups in total. The number of amides is 1. The number of carbonyl (C=O) groups is 2. The van der Waals surface area contributed by atoms with Crippen molar-refractivity contribution >= 4 is 11.9 Å². The summed E-state index contributed by atoms with van der Waals surface area (Å²) in [6.07, 6.45) is 0. The molecule has 0 spiro atoms. The zero-order chi connectivity index (χ0) is 17.1. The third kappa shape index (κ3) is 3.77. The highest BCUT2D eigenvalue weighted by Crippen LogP contribution is 2.13. The molecular weight excluding hydrogens is 294 g/mol. The maximum atomic E-state index is 12.3. The topological polar surface area (TPSA) is 84.2 Å². The van der Waals surface area contributed by atoms with E-state index in [1.165, 1.54) is 0 Å². The first-order valence-corrected chi connectivity index (χ1v) is 7.47. The Hall–Kier alpha value is -2.63. The van der Waals surface area contributed by atoms with Gasteiger partial charge in [0.1, 0.15) is 6.04 Å². The number of nitrogens with one attached hydrogen (secondary N) is 1. The molecular formula is C17H21N3O3. The molecule has 122 valence electrons. The largest absolute Gasteiger partial charge is 0.480 e. The third-order valence-electron chi connectivity index (χ3n) is 3.62. The van der Waals surface area contributed by atoms with Gasteiger partial charge in [0.05, 0.1) is 5.69 Å². The summed E-state index contributed by atoms with van der Waals surface area (Å²) in [5.74, 6) is -1.75. The van der Waals surface area contributed by atoms with Gasteiger partial charge < -0.3 is 10.4 Å². The lowest BCUT2D eigenvalue weighted by atomic mass is 10.0. The number of carboxylic acids is 1. The Balaban J connectivity index is 2.24. The van der Waals surface area contributed by atoms with Gasteiger partial charge in [-0.15, -0.1) is 0 Å². The van der Waals surface area contributed by atoms with Crippen LogP contribution in [0.2, 0.25) is 0 Å². The number of carbonyl (C=O) groups excluding carboxylic acids is 1. The average molecular weight is 315 g/mol. The second-order valence-corrected chi connectivity index (χ2v) is 5.95. The van der Waals surface area contributed by atoms with Crippen LogP contribution in [-0.4, -0.2) is 32.8 Å². The molecule has 6 nitrogen and oxygen atoms in total. The number of aromatic nitrogens is 2. The van der Waals surface area contributed by atoms with Gasteiger partial charge in [0, 0.05) is 5.69 Å². The van der Waals surface area contributed by atoms with Crippen molar-refractivity contribution in [3.63, 3.8) is 0 Å². The lowest BCUT2D eigenvalue weighted by molar-refractivity contribution is -0.140. The van der Waals surface area contributed by atoms with E-state index >= 15 is 0 Å². The van der Waals surface area contributed by atoms with E-state index in [-0.39, 0.29) is 11.6 Å². The van der Waals surface area contributed by atoms with Gasteiger partial charge in [0.15, 0.2) is 5.69 Å². The van der Waals surface area contributed by atoms with Crippen LogP contribution in [0.25, 0.3) is 5.69 Å². The summed E-state index contributed by atoms with van der Waals surface area (Å²) in [4.78, 5) is 23.5. The van der Waals surface area contributed by atoms with Gasteiger partial charge in [0.2, 0.25) is 0 Å². The summed E-state index contributed by atoms with van der Waals surface area (Å²) < 4.78 is 1.67. The molecule has 2 aromatic rings. The highest BCUT2D eigenvalue weighted by Gasteiger charge is 2.25. The van der Waals surface area contributed by atoms with Gasteiger partial charge >= 0.3 is 5.97 Å². The fourth-order valence-corrected chi connectivity index (χ4v) is 2.26. The third-order valence-corrected chi connectivity index (χ3v) is 3.62. The summed E-state index contributed by atoms with van der Waals surface area (Å²) in [6.45, 7) is 7.34. The quantitative estimate of drug-likeness (QED) is 0.887. The minimum atomic E-state index is -1.05. The van der Waals surface area contributed by atoms with Crippen LogP contribution in [0.5, 0.6) is 0 Å². The van der Waals surface area contributed by atoms with E-state index in [0.717, 1.165) is 16.9 Å². The van der Waals surface area contributed by atoms with E-state index in [9.17, 15) is 9.59 Å². The molecule has 0 aliphatic carbocycles. The zero-order valence-corrected chi connectivity index (χ0v) is 13.7. The number of nitrogens with zero attached hydrogens (tertiary/aromatic N) is 2. The molecule has 1 atom stereocenters. The smallest absolute Gasteiger partial charge is 0.326 e. The molecule has 2 rings (SSSR count). The number of benzene rings is 1. The molecule has 1 heterocycles. The van der Waals surface area contributed by atoms with Crippen molar-refractivity contribution in [2.24, 2.45) is 5.92 Å². The molecule has 0 saturated carbocycles. The molecule has 1 aromatic heterocycles. The van der Waals surface area contributed by atoms with Crippen molar-refractivity contribution in [3.8, 4) is 5.69 Å². The summed E-state index contributed by atoms with van der Waals surface area (Å²) in [5, 5.41) is 16.0. The zero-order valence-electron chi connectivity index (χ0n) is 13.7. The Labute approximate surface area is 135 Å². The van der Waals surface area contributed by atoms with E-state index in [4.69, 9.17) is 5.11 Å². The summed E-state index contributed by atoms with van der Waals surface area (Å²) in [5.41, 5.74) is 2.99. The molecule has 0 aliphatic heterocycles. The fraction of sp³-hybridized carbons (Fsp3) is 0.353. The Morgan fingerprint density at radius 2 is 1.78 bits per heavy atom. The highest BCUT2D eigenvalue weighted by atomic mass is 16.4. The maximum Gasteiger partial charge on any atom is 0.326 e. The van der Waals surface area contributed by atoms with Gasteiger partial charge in [-0.2, -0.15) is 5.10 Å². The Morgan fingerprint density at radius 1 is 1.17 bits per heavy atom. The molecule has 0 unspecified atom stereocenters. The number of aryl methyl sites for hydroxylation is 2. The molecule has 6 heteroatoms. The van der Waals surface area contributed by atoms with Crippen molar-refractivity contribution in [2.45, 2.75) is 33.7 Å². The van der Waals surface area contributed by atoms with Crippen LogP contribution in [0.4, 0.5) is 0 Å². The number of rotatable bonds is 5. The first kappa shape index (κ1) is 16.7. The summed E-state index contributed by atoms with van der Waals surface area (Å²) in [7, 11) is 0. The van der Waals surface area contributed by atoms with E-state index in [2.05, 4.69) is 10.4 Å². The standard InChI is InChI=1S/C17H21N3O3/c1-10(2)15(17(22)23)18-16(21)14-9-12(4)20(19-14)13-7-5-11(3)6-8-13/h5-10,15H,1-4H3,(H,18,21)(H,22,23)/t15-/m0/s1. The fourth-order valence-electron chi connectivity index (χ4n) is 2.26. The lowest BCUT2D eigenvalue weighted by Gasteiger charge is -2.16. The number of carboxylic acid groups (broad SMARTS) is 1. The SMILES string of the molecule is Cc1ccc(-n2nc(C(=O)N[C@H](C(=O)O)C(C)C)cc2C)cc1. The lowest BCUT2D eigenvalue weighted by Crippen LogP contribution is -2.44. The Bertz CT molecular complexity index is 717. The van der Waals surface area contributed by atoms with Crippen LogP contribution >= 0.6 is 0 Å². The van der Waals surface area contributed by atoms with E-state index in [0.29, 0.717) is 0 Å². The van der Waals surface area contributed by atoms with Gasteiger partial charge in [-0.25, -0.2) is 9.48 Å². The second kappa shape index (κ2) is 6.64. The highest BCUT2D eigenvalue weighted by molar-refractivity contribution is 5.95. The number of hydrogen-bond acceptors (Lipinski definition) is 3. The monoisotopic (exact) mass is 315 g/mol. The Morgan fingerprint density at radius 3 is 2.30 bits per heavy atom. The van der Waals surface area contributed by atoms with E-state index in [1.54, 1.807) is 24.6 Å². The van der Waals surface area contributed by atoms with Crippen LogP contribution in [0, 0.1) is 19.8 Å². The average Bonchev–Trinajstić information content (AvgIpc) is 2.86. The van der Waals surface area contributed by atoms with Crippen LogP contribution in [-0.2, 0) is 4.79 Å². The van der Waals surface area contributed by atoms with E-state index < -0.39 is 17.9 Å². The molecule has 0 aliphatic rings. The van der Waals surface area contributed by atoms with Gasteiger partial charge in [-0.1, -0.05) is 31.5 Å². The minimum absolute atomic E-state index is 0.204. The molecule has 23 heavy (non-hydrogen) atoms. The summed E-state index contributed by atoms with van der Waals surface area (Å²) in [6, 6.07) is 8.49. The van der Waals surface area contributed by atoms with Crippen molar-refractivity contribution in [2.75, 3.05) is 0 Å².